The maximum atomic E-state index is 9.63. The third-order valence-corrected chi connectivity index (χ3v) is 4.23. The van der Waals surface area contributed by atoms with Crippen LogP contribution >= 0.6 is 0 Å². The van der Waals surface area contributed by atoms with Gasteiger partial charge < -0.3 is 20.8 Å². The van der Waals surface area contributed by atoms with Crippen LogP contribution in [0.5, 0.6) is 5.75 Å². The van der Waals surface area contributed by atoms with Gasteiger partial charge in [0, 0.05) is 6.54 Å². The molecule has 144 valence electrons. The molecule has 4 N–H and O–H groups in total. The van der Waals surface area contributed by atoms with E-state index in [1.54, 1.807) is 22.9 Å². The van der Waals surface area contributed by atoms with Crippen LogP contribution in [0.3, 0.4) is 0 Å². The Balaban J connectivity index is 1.96. The Morgan fingerprint density at radius 3 is 2.70 bits per heavy atom. The van der Waals surface area contributed by atoms with Crippen molar-refractivity contribution in [1.82, 2.24) is 25.0 Å². The van der Waals surface area contributed by atoms with Gasteiger partial charge in [-0.15, -0.1) is 5.10 Å². The van der Waals surface area contributed by atoms with Gasteiger partial charge in [-0.05, 0) is 38.0 Å². The van der Waals surface area contributed by atoms with Crippen LogP contribution in [-0.4, -0.2) is 47.8 Å². The molecule has 0 aliphatic carbocycles. The third-order valence-electron chi connectivity index (χ3n) is 4.23. The lowest BCUT2D eigenvalue weighted by molar-refractivity contribution is 0.271. The van der Waals surface area contributed by atoms with Gasteiger partial charge in [-0.1, -0.05) is 24.3 Å². The van der Waals surface area contributed by atoms with Gasteiger partial charge in [0.05, 0.1) is 18.7 Å². The third kappa shape index (κ3) is 4.25. The van der Waals surface area contributed by atoms with Crippen molar-refractivity contribution >= 4 is 22.9 Å². The van der Waals surface area contributed by atoms with Crippen LogP contribution in [0.1, 0.15) is 38.8 Å². The minimum absolute atomic E-state index is 0.00829. The predicted octanol–water partition coefficient (Wildman–Crippen LogP) is 2.30. The Morgan fingerprint density at radius 1 is 1.22 bits per heavy atom. The molecule has 0 aliphatic heterocycles. The van der Waals surface area contributed by atoms with Crippen molar-refractivity contribution in [3.63, 3.8) is 0 Å². The number of phenols is 1. The van der Waals surface area contributed by atoms with Gasteiger partial charge in [0.1, 0.15) is 5.75 Å². The van der Waals surface area contributed by atoms with Gasteiger partial charge in [0.15, 0.2) is 17.0 Å². The minimum Gasteiger partial charge on any atom is -0.508 e. The summed E-state index contributed by atoms with van der Waals surface area (Å²) in [4.78, 5) is 9.07. The lowest BCUT2D eigenvalue weighted by atomic mass is 10.2. The first-order chi connectivity index (χ1) is 13.0. The lowest BCUT2D eigenvalue weighted by Crippen LogP contribution is -2.24. The Morgan fingerprint density at radius 2 is 2.04 bits per heavy atom. The summed E-state index contributed by atoms with van der Waals surface area (Å²) in [7, 11) is 0. The first kappa shape index (κ1) is 18.8. The summed E-state index contributed by atoms with van der Waals surface area (Å²) >= 11 is 0. The Bertz CT molecular complexity index is 906. The van der Waals surface area contributed by atoms with E-state index in [4.69, 9.17) is 0 Å². The molecule has 0 saturated carbocycles. The zero-order valence-electron chi connectivity index (χ0n) is 15.7. The summed E-state index contributed by atoms with van der Waals surface area (Å²) in [6.45, 7) is 6.45. The average Bonchev–Trinajstić information content (AvgIpc) is 3.08. The van der Waals surface area contributed by atoms with Crippen LogP contribution < -0.4 is 10.6 Å². The summed E-state index contributed by atoms with van der Waals surface area (Å²) in [6, 6.07) is 6.98. The summed E-state index contributed by atoms with van der Waals surface area (Å²) in [5.74, 6) is 1.17. The van der Waals surface area contributed by atoms with Gasteiger partial charge in [-0.3, -0.25) is 0 Å². The molecule has 27 heavy (non-hydrogen) atoms. The smallest absolute Gasteiger partial charge is 0.227 e. The second-order valence-electron chi connectivity index (χ2n) is 6.65. The van der Waals surface area contributed by atoms with E-state index in [0.29, 0.717) is 29.5 Å². The highest BCUT2D eigenvalue weighted by atomic mass is 16.3. The van der Waals surface area contributed by atoms with Crippen molar-refractivity contribution < 1.29 is 10.2 Å². The maximum Gasteiger partial charge on any atom is 0.227 e. The van der Waals surface area contributed by atoms with Crippen LogP contribution in [-0.2, 0) is 6.54 Å². The van der Waals surface area contributed by atoms with Gasteiger partial charge in [0.25, 0.3) is 0 Å². The van der Waals surface area contributed by atoms with Crippen molar-refractivity contribution in [2.24, 2.45) is 0 Å². The fourth-order valence-electron chi connectivity index (χ4n) is 2.68. The molecule has 0 spiro atoms. The highest BCUT2D eigenvalue weighted by Crippen LogP contribution is 2.23. The molecule has 0 radical (unpaired) electrons. The number of hydrogen-bond acceptors (Lipinski definition) is 8. The molecule has 9 nitrogen and oxygen atoms in total. The number of hydrogen-bond donors (Lipinski definition) is 4. The number of anilines is 2. The highest BCUT2D eigenvalue weighted by Gasteiger charge is 2.17. The second-order valence-corrected chi connectivity index (χ2v) is 6.65. The molecule has 0 aliphatic rings. The number of nitrogens with one attached hydrogen (secondary N) is 2. The number of aromatic nitrogens is 5. The largest absolute Gasteiger partial charge is 0.508 e. The Labute approximate surface area is 157 Å². The molecule has 0 fully saturated rings. The van der Waals surface area contributed by atoms with Crippen LogP contribution in [0.4, 0.5) is 11.8 Å². The fraction of sp³-hybridized carbons (Fsp3) is 0.444. The van der Waals surface area contributed by atoms with Crippen molar-refractivity contribution in [1.29, 1.82) is 0 Å². The van der Waals surface area contributed by atoms with Crippen molar-refractivity contribution in [3.05, 3.63) is 29.8 Å². The van der Waals surface area contributed by atoms with E-state index in [-0.39, 0.29) is 24.4 Å². The molecule has 1 unspecified atom stereocenters. The Hall–Kier alpha value is -2.94. The lowest BCUT2D eigenvalue weighted by Gasteiger charge is -2.15. The predicted molar refractivity (Wildman–Crippen MR) is 104 cm³/mol. The molecule has 0 saturated heterocycles. The first-order valence-corrected chi connectivity index (χ1v) is 9.04. The standard InChI is InChI=1S/C18H25N7O2/c1-4-13(10-26)20-18-21-16(19-9-12-6-5-7-14(27)8-12)15-17(22-18)25(11(2)3)24-23-15/h5-8,11,13,26-27H,4,9-10H2,1-3H3,(H2,19,20,21,22). The minimum atomic E-state index is -0.134. The quantitative estimate of drug-likeness (QED) is 0.476. The molecule has 2 aromatic heterocycles. The number of fused-ring (bicyclic) bond motifs is 1. The molecule has 3 rings (SSSR count). The molecule has 0 amide bonds. The van der Waals surface area contributed by atoms with Crippen molar-refractivity contribution in [2.45, 2.75) is 45.8 Å². The van der Waals surface area contributed by atoms with E-state index in [0.717, 1.165) is 12.0 Å². The van der Waals surface area contributed by atoms with Crippen molar-refractivity contribution in [2.75, 3.05) is 17.2 Å². The second kappa shape index (κ2) is 8.17. The van der Waals surface area contributed by atoms with E-state index in [1.165, 1.54) is 0 Å². The summed E-state index contributed by atoms with van der Waals surface area (Å²) < 4.78 is 1.74. The molecular weight excluding hydrogens is 346 g/mol. The van der Waals surface area contributed by atoms with Gasteiger partial charge >= 0.3 is 0 Å². The molecule has 3 aromatic rings. The monoisotopic (exact) mass is 371 g/mol. The van der Waals surface area contributed by atoms with E-state index in [1.807, 2.05) is 26.8 Å². The van der Waals surface area contributed by atoms with Gasteiger partial charge in [-0.2, -0.15) is 9.97 Å². The zero-order valence-corrected chi connectivity index (χ0v) is 15.7. The summed E-state index contributed by atoms with van der Waals surface area (Å²) in [5, 5.41) is 33.9. The normalized spacial score (nSPS) is 12.5. The molecule has 1 aromatic carbocycles. The number of phenolic OH excluding ortho intramolecular Hbond substituents is 1. The highest BCUT2D eigenvalue weighted by molar-refractivity contribution is 5.83. The van der Waals surface area contributed by atoms with Crippen LogP contribution in [0.2, 0.25) is 0 Å². The number of aliphatic hydroxyl groups excluding tert-OH is 1. The molecule has 9 heteroatoms. The SMILES string of the molecule is CCC(CO)Nc1nc(NCc2cccc(O)c2)c2nnn(C(C)C)c2n1. The number of nitrogens with zero attached hydrogens (tertiary/aromatic N) is 5. The zero-order chi connectivity index (χ0) is 19.4. The van der Waals surface area contributed by atoms with Crippen molar-refractivity contribution in [3.8, 4) is 5.75 Å². The van der Waals surface area contributed by atoms with E-state index >= 15 is 0 Å². The molecule has 2 heterocycles. The van der Waals surface area contributed by atoms with Crippen LogP contribution in [0.15, 0.2) is 24.3 Å². The summed E-state index contributed by atoms with van der Waals surface area (Å²) in [6.07, 6.45) is 0.742. The molecular formula is C18H25N7O2. The van der Waals surface area contributed by atoms with Gasteiger partial charge in [-0.25, -0.2) is 4.68 Å². The van der Waals surface area contributed by atoms with Crippen LogP contribution in [0.25, 0.3) is 11.2 Å². The maximum absolute atomic E-state index is 9.63. The topological polar surface area (TPSA) is 121 Å². The summed E-state index contributed by atoms with van der Waals surface area (Å²) in [5.41, 5.74) is 2.11. The molecule has 0 bridgehead atoms. The first-order valence-electron chi connectivity index (χ1n) is 9.04. The van der Waals surface area contributed by atoms with E-state index < -0.39 is 0 Å². The van der Waals surface area contributed by atoms with E-state index in [9.17, 15) is 10.2 Å². The fourth-order valence-corrected chi connectivity index (χ4v) is 2.68. The van der Waals surface area contributed by atoms with E-state index in [2.05, 4.69) is 30.9 Å². The number of benzene rings is 1. The number of aliphatic hydroxyl groups is 1. The van der Waals surface area contributed by atoms with Crippen LogP contribution in [0, 0.1) is 0 Å². The molecule has 1 atom stereocenters. The number of aromatic hydroxyl groups is 1. The average molecular weight is 371 g/mol. The Kier molecular flexibility index (Phi) is 5.70. The number of rotatable bonds is 8. The van der Waals surface area contributed by atoms with Gasteiger partial charge in [0.2, 0.25) is 5.95 Å².